The average molecular weight is 331 g/mol. The van der Waals surface area contributed by atoms with Crippen molar-refractivity contribution in [1.82, 2.24) is 10.2 Å². The summed E-state index contributed by atoms with van der Waals surface area (Å²) in [7, 11) is 0. The summed E-state index contributed by atoms with van der Waals surface area (Å²) in [5, 5.41) is 14.7. The summed E-state index contributed by atoms with van der Waals surface area (Å²) >= 11 is 0. The van der Waals surface area contributed by atoms with Crippen molar-refractivity contribution >= 4 is 23.6 Å². The first-order valence-corrected chi connectivity index (χ1v) is 8.22. The van der Waals surface area contributed by atoms with Crippen LogP contribution in [0.25, 0.3) is 0 Å². The molecule has 0 radical (unpaired) electrons. The van der Waals surface area contributed by atoms with Gasteiger partial charge in [0.2, 0.25) is 0 Å². The Kier molecular flexibility index (Phi) is 4.69. The van der Waals surface area contributed by atoms with Crippen molar-refractivity contribution in [1.29, 1.82) is 0 Å². The lowest BCUT2D eigenvalue weighted by atomic mass is 9.97. The van der Waals surface area contributed by atoms with Crippen molar-refractivity contribution in [2.75, 3.05) is 18.4 Å². The second kappa shape index (κ2) is 6.90. The van der Waals surface area contributed by atoms with Crippen LogP contribution < -0.4 is 10.6 Å². The molecule has 1 aliphatic carbocycles. The fourth-order valence-electron chi connectivity index (χ4n) is 2.86. The molecule has 3 rings (SSSR count). The van der Waals surface area contributed by atoms with E-state index < -0.39 is 11.9 Å². The Balaban J connectivity index is 1.64. The molecule has 2 fully saturated rings. The molecule has 1 aromatic rings. The summed E-state index contributed by atoms with van der Waals surface area (Å²) < 4.78 is 0. The number of anilines is 1. The number of nitrogens with one attached hydrogen (secondary N) is 2. The van der Waals surface area contributed by atoms with Gasteiger partial charge in [0.05, 0.1) is 5.92 Å². The molecule has 3 N–H and O–H groups in total. The minimum absolute atomic E-state index is 0.202. The molecule has 0 aromatic heterocycles. The minimum atomic E-state index is -0.861. The van der Waals surface area contributed by atoms with Crippen molar-refractivity contribution in [2.45, 2.75) is 31.7 Å². The van der Waals surface area contributed by atoms with Crippen molar-refractivity contribution in [3.8, 4) is 0 Å². The Morgan fingerprint density at radius 3 is 2.67 bits per heavy atom. The van der Waals surface area contributed by atoms with Gasteiger partial charge >= 0.3 is 12.0 Å². The number of aliphatic carboxylic acids is 1. The van der Waals surface area contributed by atoms with Crippen LogP contribution in [0.3, 0.4) is 0 Å². The van der Waals surface area contributed by atoms with Crippen LogP contribution in [0.5, 0.6) is 0 Å². The number of carbonyl (C=O) groups excluding carboxylic acids is 2. The normalized spacial score (nSPS) is 20.3. The summed E-state index contributed by atoms with van der Waals surface area (Å²) in [6.45, 7) is 0.788. The molecule has 1 heterocycles. The lowest BCUT2D eigenvalue weighted by molar-refractivity contribution is -0.143. The van der Waals surface area contributed by atoms with Gasteiger partial charge < -0.3 is 20.6 Å². The Bertz CT molecular complexity index is 657. The summed E-state index contributed by atoms with van der Waals surface area (Å²) in [5.41, 5.74) is 0.996. The van der Waals surface area contributed by atoms with E-state index in [1.165, 1.54) is 0 Å². The number of carboxylic acids is 1. The Morgan fingerprint density at radius 1 is 1.17 bits per heavy atom. The van der Waals surface area contributed by atoms with E-state index >= 15 is 0 Å². The highest BCUT2D eigenvalue weighted by Gasteiger charge is 2.28. The lowest BCUT2D eigenvalue weighted by Gasteiger charge is -2.30. The molecule has 0 bridgehead atoms. The summed E-state index contributed by atoms with van der Waals surface area (Å²) in [4.78, 5) is 37.1. The van der Waals surface area contributed by atoms with E-state index in [0.717, 1.165) is 12.8 Å². The monoisotopic (exact) mass is 331 g/mol. The van der Waals surface area contributed by atoms with Gasteiger partial charge in [-0.2, -0.15) is 0 Å². The number of hydrogen-bond donors (Lipinski definition) is 3. The topological polar surface area (TPSA) is 98.7 Å². The van der Waals surface area contributed by atoms with Gasteiger partial charge in [-0.15, -0.1) is 0 Å². The highest BCUT2D eigenvalue weighted by Crippen LogP contribution is 2.21. The van der Waals surface area contributed by atoms with Gasteiger partial charge in [-0.3, -0.25) is 9.59 Å². The summed E-state index contributed by atoms with van der Waals surface area (Å²) in [5.74, 6) is -1.57. The van der Waals surface area contributed by atoms with Gasteiger partial charge in [0.15, 0.2) is 0 Å². The molecule has 3 amide bonds. The fraction of sp³-hybridized carbons (Fsp3) is 0.471. The number of urea groups is 1. The summed E-state index contributed by atoms with van der Waals surface area (Å²) in [6.07, 6.45) is 3.30. The lowest BCUT2D eigenvalue weighted by Crippen LogP contribution is -2.42. The maximum atomic E-state index is 12.6. The molecule has 1 aromatic carbocycles. The molecule has 1 saturated carbocycles. The van der Waals surface area contributed by atoms with Gasteiger partial charge in [0.25, 0.3) is 5.91 Å². The zero-order chi connectivity index (χ0) is 17.1. The smallest absolute Gasteiger partial charge is 0.319 e. The van der Waals surface area contributed by atoms with Crippen LogP contribution in [-0.4, -0.2) is 47.0 Å². The van der Waals surface area contributed by atoms with Crippen molar-refractivity contribution in [3.63, 3.8) is 0 Å². The second-order valence-corrected chi connectivity index (χ2v) is 6.38. The van der Waals surface area contributed by atoms with E-state index in [1.807, 2.05) is 0 Å². The zero-order valence-electron chi connectivity index (χ0n) is 13.3. The van der Waals surface area contributed by atoms with E-state index in [4.69, 9.17) is 5.11 Å². The Hall–Kier alpha value is -2.57. The van der Waals surface area contributed by atoms with Gasteiger partial charge in [0, 0.05) is 30.4 Å². The van der Waals surface area contributed by atoms with Crippen molar-refractivity contribution in [3.05, 3.63) is 29.8 Å². The van der Waals surface area contributed by atoms with Crippen LogP contribution in [0.1, 0.15) is 36.0 Å². The van der Waals surface area contributed by atoms with E-state index in [2.05, 4.69) is 10.6 Å². The van der Waals surface area contributed by atoms with Gasteiger partial charge in [-0.05, 0) is 43.9 Å². The molecular formula is C17H21N3O4. The number of carboxylic acid groups (broad SMARTS) is 1. The van der Waals surface area contributed by atoms with Crippen molar-refractivity contribution < 1.29 is 19.5 Å². The third-order valence-corrected chi connectivity index (χ3v) is 4.34. The molecular weight excluding hydrogens is 310 g/mol. The molecule has 2 aliphatic rings. The summed E-state index contributed by atoms with van der Waals surface area (Å²) in [6, 6.07) is 6.72. The maximum absolute atomic E-state index is 12.6. The Morgan fingerprint density at radius 2 is 1.96 bits per heavy atom. The second-order valence-electron chi connectivity index (χ2n) is 6.38. The molecule has 1 saturated heterocycles. The number of likely N-dealkylation sites (tertiary alicyclic amines) is 1. The first kappa shape index (κ1) is 16.3. The minimum Gasteiger partial charge on any atom is -0.481 e. The predicted molar refractivity (Wildman–Crippen MR) is 87.9 cm³/mol. The number of piperidine rings is 1. The molecule has 128 valence electrons. The third kappa shape index (κ3) is 4.04. The molecule has 1 aliphatic heterocycles. The standard InChI is InChI=1S/C17H21N3O4/c21-15(20-8-2-4-12(10-20)16(22)23)11-3-1-5-14(9-11)19-17(24)18-13-6-7-13/h1,3,5,9,12-13H,2,4,6-8,10H2,(H,22,23)(H2,18,19,24). The predicted octanol–water partition coefficient (Wildman–Crippen LogP) is 1.91. The third-order valence-electron chi connectivity index (χ3n) is 4.34. The van der Waals surface area contributed by atoms with Gasteiger partial charge in [-0.1, -0.05) is 6.07 Å². The number of amides is 3. The largest absolute Gasteiger partial charge is 0.481 e. The van der Waals surface area contributed by atoms with Gasteiger partial charge in [0.1, 0.15) is 0 Å². The van der Waals surface area contributed by atoms with E-state index in [-0.39, 0.29) is 24.5 Å². The van der Waals surface area contributed by atoms with E-state index in [0.29, 0.717) is 30.6 Å². The first-order valence-electron chi connectivity index (χ1n) is 8.22. The number of benzene rings is 1. The molecule has 24 heavy (non-hydrogen) atoms. The maximum Gasteiger partial charge on any atom is 0.319 e. The highest BCUT2D eigenvalue weighted by atomic mass is 16.4. The molecule has 7 heteroatoms. The quantitative estimate of drug-likeness (QED) is 0.785. The number of hydrogen-bond acceptors (Lipinski definition) is 3. The average Bonchev–Trinajstić information content (AvgIpc) is 3.38. The molecule has 0 spiro atoms. The van der Waals surface area contributed by atoms with E-state index in [9.17, 15) is 14.4 Å². The number of nitrogens with zero attached hydrogens (tertiary/aromatic N) is 1. The number of carbonyl (C=O) groups is 3. The van der Waals surface area contributed by atoms with E-state index in [1.54, 1.807) is 29.2 Å². The van der Waals surface area contributed by atoms with Crippen LogP contribution in [0.15, 0.2) is 24.3 Å². The fourth-order valence-corrected chi connectivity index (χ4v) is 2.86. The van der Waals surface area contributed by atoms with Crippen LogP contribution in [-0.2, 0) is 4.79 Å². The van der Waals surface area contributed by atoms with Crippen LogP contribution in [0.4, 0.5) is 10.5 Å². The molecule has 1 atom stereocenters. The van der Waals surface area contributed by atoms with Crippen molar-refractivity contribution in [2.24, 2.45) is 5.92 Å². The molecule has 7 nitrogen and oxygen atoms in total. The molecule has 1 unspecified atom stereocenters. The van der Waals surface area contributed by atoms with Crippen LogP contribution in [0, 0.1) is 5.92 Å². The first-order chi connectivity index (χ1) is 11.5. The SMILES string of the molecule is O=C(Nc1cccc(C(=O)N2CCCC(C(=O)O)C2)c1)NC1CC1. The highest BCUT2D eigenvalue weighted by molar-refractivity contribution is 5.97. The van der Waals surface area contributed by atoms with Crippen LogP contribution >= 0.6 is 0 Å². The Labute approximate surface area is 140 Å². The zero-order valence-corrected chi connectivity index (χ0v) is 13.3. The van der Waals surface area contributed by atoms with Gasteiger partial charge in [-0.25, -0.2) is 4.79 Å². The van der Waals surface area contributed by atoms with Crippen LogP contribution in [0.2, 0.25) is 0 Å². The number of rotatable bonds is 4.